The van der Waals surface area contributed by atoms with Crippen molar-refractivity contribution in [1.29, 1.82) is 0 Å². The molecule has 0 saturated carbocycles. The van der Waals surface area contributed by atoms with Crippen LogP contribution in [0.1, 0.15) is 0 Å². The van der Waals surface area contributed by atoms with Gasteiger partial charge in [-0.2, -0.15) is 0 Å². The molecule has 0 aromatic rings. The van der Waals surface area contributed by atoms with Gasteiger partial charge in [0.2, 0.25) is 0 Å². The predicted molar refractivity (Wildman–Crippen MR) is 29.0 cm³/mol. The standard InChI is InChI=1S/BH4O4PS/c2-1(3)6(4,5)7/h2-3H,(H2,4,5,7). The molecular formula is H4BO4PS. The first-order chi connectivity index (χ1) is 2.94. The van der Waals surface area contributed by atoms with Crippen molar-refractivity contribution in [3.05, 3.63) is 0 Å². The van der Waals surface area contributed by atoms with Crippen molar-refractivity contribution in [1.82, 2.24) is 0 Å². The lowest BCUT2D eigenvalue weighted by Gasteiger charge is -1.97. The Kier molecular flexibility index (Phi) is 2.36. The highest BCUT2D eigenvalue weighted by atomic mass is 32.7. The van der Waals surface area contributed by atoms with Crippen LogP contribution >= 0.6 is 18.7 Å². The average molecular weight is 142 g/mol. The van der Waals surface area contributed by atoms with Gasteiger partial charge in [0.15, 0.2) is 0 Å². The monoisotopic (exact) mass is 142 g/mol. The van der Waals surface area contributed by atoms with E-state index in [1.807, 2.05) is 0 Å². The second kappa shape index (κ2) is 2.20. The van der Waals surface area contributed by atoms with Gasteiger partial charge in [-0.25, -0.2) is 0 Å². The molecule has 0 heterocycles. The summed E-state index contributed by atoms with van der Waals surface area (Å²) < 4.78 is 9.83. The average Bonchev–Trinajstić information content (AvgIpc) is 1.31. The molecule has 4 nitrogen and oxygen atoms in total. The topological polar surface area (TPSA) is 77.8 Å². The van der Waals surface area contributed by atoms with Crippen LogP contribution in [0, 0.1) is 0 Å². The lowest BCUT2D eigenvalue weighted by Crippen LogP contribution is -2.07. The van der Waals surface area contributed by atoms with Crippen LogP contribution in [0.15, 0.2) is 0 Å². The zero-order valence-corrected chi connectivity index (χ0v) is 5.01. The van der Waals surface area contributed by atoms with Crippen LogP contribution in [0.25, 0.3) is 0 Å². The highest BCUT2D eigenvalue weighted by Crippen LogP contribution is 2.45. The van der Waals surface area contributed by atoms with E-state index >= 15 is 0 Å². The van der Waals surface area contributed by atoms with E-state index in [4.69, 9.17) is 14.9 Å². The summed E-state index contributed by atoms with van der Waals surface area (Å²) in [5.74, 6) is 0. The molecule has 0 aromatic carbocycles. The SMILES string of the molecule is O=P(O)(S)B(O)O. The third-order valence-corrected chi connectivity index (χ3v) is 1.52. The van der Waals surface area contributed by atoms with Crippen molar-refractivity contribution in [2.24, 2.45) is 0 Å². The van der Waals surface area contributed by atoms with Gasteiger partial charge in [0.1, 0.15) is 0 Å². The van der Waals surface area contributed by atoms with Crippen LogP contribution in [0.5, 0.6) is 0 Å². The van der Waals surface area contributed by atoms with Crippen molar-refractivity contribution < 1.29 is 19.5 Å². The summed E-state index contributed by atoms with van der Waals surface area (Å²) in [6.45, 7) is -2.23. The Bertz CT molecular complexity index is 93.9. The van der Waals surface area contributed by atoms with Crippen LogP contribution < -0.4 is 0 Å². The van der Waals surface area contributed by atoms with E-state index in [0.29, 0.717) is 0 Å². The van der Waals surface area contributed by atoms with Gasteiger partial charge in [0.05, 0.1) is 0 Å². The fourth-order valence-corrected chi connectivity index (χ4v) is 0. The maximum absolute atomic E-state index is 9.83. The summed E-state index contributed by atoms with van der Waals surface area (Å²) in [4.78, 5) is 8.01. The van der Waals surface area contributed by atoms with Crippen molar-refractivity contribution >= 4 is 25.5 Å². The first-order valence-corrected chi connectivity index (χ1v) is 4.24. The van der Waals surface area contributed by atoms with Gasteiger partial charge in [-0.3, -0.25) is 4.57 Å². The third-order valence-electron chi connectivity index (χ3n) is 0.301. The molecule has 7 heavy (non-hydrogen) atoms. The van der Waals surface area contributed by atoms with Crippen LogP contribution in [0.2, 0.25) is 0 Å². The Morgan fingerprint density at radius 1 is 1.57 bits per heavy atom. The van der Waals surface area contributed by atoms with E-state index in [1.54, 1.807) is 0 Å². The van der Waals surface area contributed by atoms with E-state index in [2.05, 4.69) is 12.2 Å². The molecule has 0 aromatic heterocycles. The van der Waals surface area contributed by atoms with E-state index in [-0.39, 0.29) is 0 Å². The van der Waals surface area contributed by atoms with Gasteiger partial charge >= 0.3 is 6.84 Å². The summed E-state index contributed by atoms with van der Waals surface area (Å²) in [5.41, 5.74) is 0. The summed E-state index contributed by atoms with van der Waals surface area (Å²) in [6.07, 6.45) is -3.93. The highest BCUT2D eigenvalue weighted by molar-refractivity contribution is 8.55. The second-order valence-corrected chi connectivity index (χ2v) is 4.29. The smallest absolute Gasteiger partial charge is 0.419 e. The molecule has 7 heteroatoms. The summed E-state index contributed by atoms with van der Waals surface area (Å²) >= 11 is 2.96. The fraction of sp³-hybridized carbons (Fsp3) is 0. The zero-order valence-electron chi connectivity index (χ0n) is 3.22. The Hall–Kier alpha value is 0.525. The number of hydrogen-bond donors (Lipinski definition) is 4. The van der Waals surface area contributed by atoms with Crippen molar-refractivity contribution in [3.8, 4) is 0 Å². The third kappa shape index (κ3) is 3.14. The summed E-state index contributed by atoms with van der Waals surface area (Å²) in [6, 6.07) is 0. The van der Waals surface area contributed by atoms with Crippen molar-refractivity contribution in [2.75, 3.05) is 0 Å². The first kappa shape index (κ1) is 7.52. The van der Waals surface area contributed by atoms with Crippen LogP contribution in [-0.2, 0) is 4.57 Å². The molecule has 0 aliphatic carbocycles. The molecule has 1 unspecified atom stereocenters. The molecule has 0 aliphatic heterocycles. The predicted octanol–water partition coefficient (Wildman–Crippen LogP) is -0.929. The molecule has 1 atom stereocenters. The molecule has 0 spiro atoms. The van der Waals surface area contributed by atoms with Gasteiger partial charge in [-0.15, -0.1) is 0 Å². The molecule has 0 bridgehead atoms. The van der Waals surface area contributed by atoms with E-state index in [9.17, 15) is 4.57 Å². The number of hydrogen-bond acceptors (Lipinski definition) is 3. The van der Waals surface area contributed by atoms with E-state index < -0.39 is 13.3 Å². The van der Waals surface area contributed by atoms with Gasteiger partial charge in [0, 0.05) is 0 Å². The number of rotatable bonds is 1. The van der Waals surface area contributed by atoms with Gasteiger partial charge in [-0.05, 0) is 0 Å². The van der Waals surface area contributed by atoms with Crippen molar-refractivity contribution in [2.45, 2.75) is 0 Å². The van der Waals surface area contributed by atoms with Gasteiger partial charge < -0.3 is 14.9 Å². The molecule has 0 aliphatic rings. The van der Waals surface area contributed by atoms with Crippen LogP contribution in [0.3, 0.4) is 0 Å². The maximum Gasteiger partial charge on any atom is 0.564 e. The molecule has 3 N–H and O–H groups in total. The highest BCUT2D eigenvalue weighted by Gasteiger charge is 2.29. The van der Waals surface area contributed by atoms with Crippen molar-refractivity contribution in [3.63, 3.8) is 0 Å². The lowest BCUT2D eigenvalue weighted by molar-refractivity contribution is 0.413. The fourth-order valence-electron chi connectivity index (χ4n) is 0. The molecule has 0 amide bonds. The lowest BCUT2D eigenvalue weighted by atomic mass is 10.4. The van der Waals surface area contributed by atoms with E-state index in [1.165, 1.54) is 0 Å². The quantitative estimate of drug-likeness (QED) is 0.216. The Morgan fingerprint density at radius 2 is 1.71 bits per heavy atom. The molecule has 0 saturated heterocycles. The molecular weight excluding hydrogens is 138 g/mol. The maximum atomic E-state index is 9.83. The van der Waals surface area contributed by atoms with Crippen LogP contribution in [-0.4, -0.2) is 21.8 Å². The Labute approximate surface area is 45.9 Å². The Balaban J connectivity index is 3.80. The van der Waals surface area contributed by atoms with Crippen LogP contribution in [0.4, 0.5) is 0 Å². The molecule has 42 valence electrons. The summed E-state index contributed by atoms with van der Waals surface area (Å²) in [5, 5.41) is 15.7. The first-order valence-electron chi connectivity index (χ1n) is 1.36. The zero-order chi connectivity index (χ0) is 6.08. The second-order valence-electron chi connectivity index (χ2n) is 0.936. The molecule has 0 fully saturated rings. The minimum atomic E-state index is -3.93. The normalized spacial score (nSPS) is 18.3. The summed E-state index contributed by atoms with van der Waals surface area (Å²) in [7, 11) is 0. The number of thiol groups is 1. The Morgan fingerprint density at radius 3 is 1.71 bits per heavy atom. The van der Waals surface area contributed by atoms with E-state index in [0.717, 1.165) is 0 Å². The largest absolute Gasteiger partial charge is 0.564 e. The molecule has 0 radical (unpaired) electrons. The minimum absolute atomic E-state index is 2.23. The minimum Gasteiger partial charge on any atom is -0.419 e. The molecule has 0 rings (SSSR count). The van der Waals surface area contributed by atoms with Gasteiger partial charge in [-0.1, -0.05) is 12.2 Å². The van der Waals surface area contributed by atoms with Gasteiger partial charge in [0.25, 0.3) is 6.45 Å².